The minimum absolute atomic E-state index is 0.0289. The van der Waals surface area contributed by atoms with Crippen molar-refractivity contribution in [2.45, 2.75) is 52.1 Å². The van der Waals surface area contributed by atoms with E-state index in [1.807, 2.05) is 13.8 Å². The number of carbonyl (C=O) groups excluding carboxylic acids is 3. The first-order valence-electron chi connectivity index (χ1n) is 9.75. The number of halogens is 1. The van der Waals surface area contributed by atoms with Crippen LogP contribution in [-0.4, -0.2) is 23.8 Å². The highest BCUT2D eigenvalue weighted by Gasteiger charge is 2.64. The van der Waals surface area contributed by atoms with Crippen LogP contribution in [0, 0.1) is 5.41 Å². The van der Waals surface area contributed by atoms with Gasteiger partial charge in [-0.1, -0.05) is 29.8 Å². The molecule has 2 aliphatic heterocycles. The van der Waals surface area contributed by atoms with Crippen molar-refractivity contribution in [3.8, 4) is 0 Å². The van der Waals surface area contributed by atoms with Gasteiger partial charge in [-0.2, -0.15) is 0 Å². The highest BCUT2D eigenvalue weighted by molar-refractivity contribution is 9.10. The number of allylic oxidation sites excluding steroid dienone is 1. The minimum Gasteiger partial charge on any atom is -0.459 e. The molecule has 1 spiro atoms. The van der Waals surface area contributed by atoms with Crippen molar-refractivity contribution >= 4 is 39.3 Å². The number of nitrogens with two attached hydrogens (primary N) is 1. The van der Waals surface area contributed by atoms with E-state index in [2.05, 4.69) is 21.2 Å². The van der Waals surface area contributed by atoms with Gasteiger partial charge in [0.15, 0.2) is 11.2 Å². The normalized spacial score (nSPS) is 24.6. The van der Waals surface area contributed by atoms with Gasteiger partial charge in [0.25, 0.3) is 0 Å². The fourth-order valence-electron chi connectivity index (χ4n) is 4.55. The van der Waals surface area contributed by atoms with Gasteiger partial charge in [-0.05, 0) is 37.5 Å². The number of esters is 2. The lowest BCUT2D eigenvalue weighted by atomic mass is 9.62. The predicted molar refractivity (Wildman–Crippen MR) is 113 cm³/mol. The average Bonchev–Trinajstić information content (AvgIpc) is 2.86. The van der Waals surface area contributed by atoms with Crippen molar-refractivity contribution in [3.63, 3.8) is 0 Å². The topological polar surface area (TPSA) is 108 Å². The summed E-state index contributed by atoms with van der Waals surface area (Å²) in [6.07, 6.45) is 0.198. The molecule has 0 saturated heterocycles. The standard InChI is InChI=1S/C22H23BrN2O5/c1-10(2)29-19(27)17-18(24)25-13-6-5-11(23)7-12(13)22(17)16-14(26)8-21(3,4)9-15(16)30-20(22)28/h5-7,10,25H,8-9,24H2,1-4H3/t22-/m0/s1. The number of carbonyl (C=O) groups is 3. The third-order valence-electron chi connectivity index (χ3n) is 5.58. The van der Waals surface area contributed by atoms with Crippen molar-refractivity contribution in [1.82, 2.24) is 0 Å². The lowest BCUT2D eigenvalue weighted by molar-refractivity contribution is -0.148. The Morgan fingerprint density at radius 1 is 1.27 bits per heavy atom. The van der Waals surface area contributed by atoms with Gasteiger partial charge in [0.05, 0.1) is 11.7 Å². The molecule has 3 aliphatic rings. The van der Waals surface area contributed by atoms with Crippen molar-refractivity contribution in [1.29, 1.82) is 0 Å². The van der Waals surface area contributed by atoms with Crippen LogP contribution in [0.5, 0.6) is 0 Å². The largest absolute Gasteiger partial charge is 0.459 e. The molecule has 2 heterocycles. The molecule has 0 unspecified atom stereocenters. The van der Waals surface area contributed by atoms with E-state index in [1.54, 1.807) is 32.0 Å². The smallest absolute Gasteiger partial charge is 0.339 e. The lowest BCUT2D eigenvalue weighted by Crippen LogP contribution is -2.48. The summed E-state index contributed by atoms with van der Waals surface area (Å²) in [6, 6.07) is 5.23. The third-order valence-corrected chi connectivity index (χ3v) is 6.07. The van der Waals surface area contributed by atoms with Crippen molar-refractivity contribution in [2.75, 3.05) is 5.32 Å². The summed E-state index contributed by atoms with van der Waals surface area (Å²) in [5, 5.41) is 2.98. The quantitative estimate of drug-likeness (QED) is 0.631. The number of nitrogens with one attached hydrogen (secondary N) is 1. The molecule has 30 heavy (non-hydrogen) atoms. The van der Waals surface area contributed by atoms with Crippen LogP contribution < -0.4 is 11.1 Å². The molecular formula is C22H23BrN2O5. The monoisotopic (exact) mass is 474 g/mol. The number of fused-ring (bicyclic) bond motifs is 3. The van der Waals surface area contributed by atoms with Gasteiger partial charge in [0, 0.05) is 28.6 Å². The van der Waals surface area contributed by atoms with Crippen molar-refractivity contribution in [2.24, 2.45) is 11.1 Å². The molecule has 3 N–H and O–H groups in total. The number of hydrogen-bond donors (Lipinski definition) is 2. The van der Waals surface area contributed by atoms with Crippen LogP contribution in [0.3, 0.4) is 0 Å². The summed E-state index contributed by atoms with van der Waals surface area (Å²) >= 11 is 3.43. The zero-order valence-corrected chi connectivity index (χ0v) is 18.8. The second-order valence-electron chi connectivity index (χ2n) is 8.94. The summed E-state index contributed by atoms with van der Waals surface area (Å²) in [4.78, 5) is 40.1. The molecule has 158 valence electrons. The SMILES string of the molecule is CC(C)OC(=O)C1=C(N)Nc2ccc(Br)cc2[C@@]12C(=O)OC1=C2C(=O)CC(C)(C)C1. The minimum atomic E-state index is -1.76. The van der Waals surface area contributed by atoms with Gasteiger partial charge in [0.2, 0.25) is 0 Å². The highest BCUT2D eigenvalue weighted by Crippen LogP contribution is 2.57. The van der Waals surface area contributed by atoms with Crippen LogP contribution in [0.25, 0.3) is 0 Å². The number of ether oxygens (including phenoxy) is 2. The molecule has 7 nitrogen and oxygen atoms in total. The number of ketones is 1. The zero-order valence-electron chi connectivity index (χ0n) is 17.2. The number of anilines is 1. The average molecular weight is 475 g/mol. The van der Waals surface area contributed by atoms with E-state index in [1.165, 1.54) is 0 Å². The fourth-order valence-corrected chi connectivity index (χ4v) is 4.91. The molecule has 1 aromatic rings. The maximum absolute atomic E-state index is 13.5. The maximum Gasteiger partial charge on any atom is 0.339 e. The Balaban J connectivity index is 2.06. The molecule has 1 aromatic carbocycles. The first-order valence-corrected chi connectivity index (χ1v) is 10.5. The Labute approximate surface area is 182 Å². The fraction of sp³-hybridized carbons (Fsp3) is 0.409. The van der Waals surface area contributed by atoms with Crippen LogP contribution in [0.4, 0.5) is 5.69 Å². The Hall–Kier alpha value is -2.61. The molecule has 0 bridgehead atoms. The molecule has 0 saturated carbocycles. The van der Waals surface area contributed by atoms with Crippen molar-refractivity contribution < 1.29 is 23.9 Å². The van der Waals surface area contributed by atoms with Crippen LogP contribution in [-0.2, 0) is 29.3 Å². The highest BCUT2D eigenvalue weighted by atomic mass is 79.9. The molecule has 1 atom stereocenters. The molecule has 0 radical (unpaired) electrons. The number of benzene rings is 1. The predicted octanol–water partition coefficient (Wildman–Crippen LogP) is 3.43. The summed E-state index contributed by atoms with van der Waals surface area (Å²) < 4.78 is 11.8. The molecule has 1 aliphatic carbocycles. The van der Waals surface area contributed by atoms with Crippen molar-refractivity contribution in [3.05, 3.63) is 51.0 Å². The van der Waals surface area contributed by atoms with E-state index in [0.29, 0.717) is 27.9 Å². The van der Waals surface area contributed by atoms with Crippen LogP contribution in [0.1, 0.15) is 46.1 Å². The van der Waals surface area contributed by atoms with E-state index in [-0.39, 0.29) is 34.6 Å². The molecule has 0 fully saturated rings. The van der Waals surface area contributed by atoms with Gasteiger partial charge >= 0.3 is 11.9 Å². The first kappa shape index (κ1) is 20.7. The van der Waals surface area contributed by atoms with Gasteiger partial charge in [-0.15, -0.1) is 0 Å². The Bertz CT molecular complexity index is 1070. The Morgan fingerprint density at radius 3 is 2.63 bits per heavy atom. The van der Waals surface area contributed by atoms with Crippen LogP contribution >= 0.6 is 15.9 Å². The van der Waals surface area contributed by atoms with Gasteiger partial charge < -0.3 is 20.5 Å². The molecular weight excluding hydrogens is 452 g/mol. The third kappa shape index (κ3) is 2.88. The molecule has 4 rings (SSSR count). The Morgan fingerprint density at radius 2 is 1.97 bits per heavy atom. The van der Waals surface area contributed by atoms with Gasteiger partial charge in [-0.25, -0.2) is 9.59 Å². The van der Waals surface area contributed by atoms with E-state index < -0.39 is 23.5 Å². The summed E-state index contributed by atoms with van der Waals surface area (Å²) in [6.45, 7) is 7.29. The lowest BCUT2D eigenvalue weighted by Gasteiger charge is -2.38. The summed E-state index contributed by atoms with van der Waals surface area (Å²) in [5.41, 5.74) is 5.18. The van der Waals surface area contributed by atoms with E-state index in [4.69, 9.17) is 15.2 Å². The molecule has 0 aromatic heterocycles. The van der Waals surface area contributed by atoms with Crippen LogP contribution in [0.2, 0.25) is 0 Å². The van der Waals surface area contributed by atoms with E-state index in [0.717, 1.165) is 0 Å². The number of Topliss-reactive ketones (excluding diaryl/α,β-unsaturated/α-hetero) is 1. The number of rotatable bonds is 2. The van der Waals surface area contributed by atoms with Crippen LogP contribution in [0.15, 0.2) is 45.4 Å². The number of hydrogen-bond acceptors (Lipinski definition) is 7. The second kappa shape index (κ2) is 6.70. The van der Waals surface area contributed by atoms with E-state index >= 15 is 0 Å². The molecule has 8 heteroatoms. The second-order valence-corrected chi connectivity index (χ2v) is 9.85. The van der Waals surface area contributed by atoms with E-state index in [9.17, 15) is 14.4 Å². The maximum atomic E-state index is 13.5. The first-order chi connectivity index (χ1) is 14.0. The zero-order chi connectivity index (χ0) is 22.0. The molecule has 0 amide bonds. The van der Waals surface area contributed by atoms with Gasteiger partial charge in [-0.3, -0.25) is 4.79 Å². The summed E-state index contributed by atoms with van der Waals surface area (Å²) in [7, 11) is 0. The summed E-state index contributed by atoms with van der Waals surface area (Å²) in [5.74, 6) is -1.43. The van der Waals surface area contributed by atoms with Gasteiger partial charge in [0.1, 0.15) is 17.2 Å². The Kier molecular flexibility index (Phi) is 4.61.